The van der Waals surface area contributed by atoms with E-state index >= 15 is 0 Å². The van der Waals surface area contributed by atoms with Crippen LogP contribution in [0.2, 0.25) is 5.02 Å². The first-order valence-corrected chi connectivity index (χ1v) is 10.1. The second-order valence-corrected chi connectivity index (χ2v) is 7.96. The molecular formula is C20H14BrClN2O2S. The average Bonchev–Trinajstić information content (AvgIpc) is 2.67. The van der Waals surface area contributed by atoms with E-state index in [-0.39, 0.29) is 5.56 Å². The van der Waals surface area contributed by atoms with Crippen LogP contribution in [0.5, 0.6) is 11.5 Å². The normalized spacial score (nSPS) is 10.4. The summed E-state index contributed by atoms with van der Waals surface area (Å²) in [6, 6.07) is 16.8. The summed E-state index contributed by atoms with van der Waals surface area (Å²) in [5.74, 6) is 1.53. The lowest BCUT2D eigenvalue weighted by Crippen LogP contribution is -2.17. The molecule has 1 heterocycles. The molecular weight excluding hydrogens is 448 g/mol. The Bertz CT molecular complexity index is 1080. The molecule has 1 aromatic heterocycles. The molecule has 7 heteroatoms. The number of nitrogens with zero attached hydrogens (tertiary/aromatic N) is 2. The van der Waals surface area contributed by atoms with Crippen molar-refractivity contribution in [2.75, 3.05) is 0 Å². The first-order valence-electron chi connectivity index (χ1n) is 7.92. The van der Waals surface area contributed by atoms with Gasteiger partial charge in [0.15, 0.2) is 5.75 Å². The number of thioether (sulfide) groups is 1. The van der Waals surface area contributed by atoms with Crippen molar-refractivity contribution in [1.82, 2.24) is 4.57 Å². The van der Waals surface area contributed by atoms with Gasteiger partial charge >= 0.3 is 0 Å². The molecule has 0 unspecified atom stereocenters. The molecule has 0 aliphatic rings. The topological polar surface area (TPSA) is 55.0 Å². The van der Waals surface area contributed by atoms with Crippen molar-refractivity contribution in [1.29, 1.82) is 5.26 Å². The van der Waals surface area contributed by atoms with Crippen LogP contribution in [0.4, 0.5) is 0 Å². The highest BCUT2D eigenvalue weighted by Crippen LogP contribution is 2.38. The quantitative estimate of drug-likeness (QED) is 0.453. The highest BCUT2D eigenvalue weighted by Gasteiger charge is 2.16. The third-order valence-corrected chi connectivity index (χ3v) is 5.70. The zero-order chi connectivity index (χ0) is 19.4. The number of rotatable bonds is 5. The van der Waals surface area contributed by atoms with E-state index in [1.54, 1.807) is 43.2 Å². The number of halogens is 2. The molecule has 0 bridgehead atoms. The monoisotopic (exact) mass is 460 g/mol. The maximum absolute atomic E-state index is 12.3. The summed E-state index contributed by atoms with van der Waals surface area (Å²) in [7, 11) is 1.69. The van der Waals surface area contributed by atoms with E-state index in [2.05, 4.69) is 15.9 Å². The molecule has 0 aliphatic carbocycles. The summed E-state index contributed by atoms with van der Waals surface area (Å²) >= 11 is 11.0. The predicted molar refractivity (Wildman–Crippen MR) is 112 cm³/mol. The minimum atomic E-state index is -0.211. The van der Waals surface area contributed by atoms with E-state index in [9.17, 15) is 4.79 Å². The van der Waals surface area contributed by atoms with Gasteiger partial charge in [0.2, 0.25) is 0 Å². The number of hydrogen-bond acceptors (Lipinski definition) is 4. The standard InChI is InChI=1S/C20H14BrClN2O2S/c1-24-11-17(27-12-13-5-3-2-4-6-13)19(18(21)20(24)25)26-16-8-14(10-23)7-15(22)9-16/h2-9,11H,12H2,1H3. The lowest BCUT2D eigenvalue weighted by molar-refractivity contribution is 0.463. The largest absolute Gasteiger partial charge is 0.455 e. The van der Waals surface area contributed by atoms with Crippen LogP contribution in [0.15, 0.2) is 68.9 Å². The fourth-order valence-corrected chi connectivity index (χ4v) is 4.34. The summed E-state index contributed by atoms with van der Waals surface area (Å²) in [5, 5.41) is 9.51. The van der Waals surface area contributed by atoms with Crippen molar-refractivity contribution in [2.45, 2.75) is 10.6 Å². The minimum absolute atomic E-state index is 0.211. The lowest BCUT2D eigenvalue weighted by atomic mass is 10.2. The number of aromatic nitrogens is 1. The van der Waals surface area contributed by atoms with Gasteiger partial charge in [-0.3, -0.25) is 4.79 Å². The Kier molecular flexibility index (Phi) is 6.27. The van der Waals surface area contributed by atoms with Gasteiger partial charge in [-0.1, -0.05) is 41.9 Å². The van der Waals surface area contributed by atoms with Gasteiger partial charge in [-0.05, 0) is 39.7 Å². The Morgan fingerprint density at radius 2 is 2.00 bits per heavy atom. The van der Waals surface area contributed by atoms with Crippen molar-refractivity contribution in [3.05, 3.63) is 85.7 Å². The number of benzene rings is 2. The van der Waals surface area contributed by atoms with Crippen LogP contribution in [0.25, 0.3) is 0 Å². The van der Waals surface area contributed by atoms with E-state index in [1.165, 1.54) is 4.57 Å². The molecule has 0 N–H and O–H groups in total. The van der Waals surface area contributed by atoms with Crippen molar-refractivity contribution in [2.24, 2.45) is 7.05 Å². The van der Waals surface area contributed by atoms with E-state index in [0.29, 0.717) is 26.6 Å². The Morgan fingerprint density at radius 1 is 1.26 bits per heavy atom. The molecule has 0 atom stereocenters. The molecule has 0 aliphatic heterocycles. The van der Waals surface area contributed by atoms with Gasteiger partial charge in [0.05, 0.1) is 16.5 Å². The average molecular weight is 462 g/mol. The minimum Gasteiger partial charge on any atom is -0.455 e. The van der Waals surface area contributed by atoms with Crippen molar-refractivity contribution >= 4 is 39.3 Å². The first kappa shape index (κ1) is 19.6. The highest BCUT2D eigenvalue weighted by molar-refractivity contribution is 9.10. The smallest absolute Gasteiger partial charge is 0.268 e. The molecule has 27 heavy (non-hydrogen) atoms. The number of hydrogen-bond donors (Lipinski definition) is 0. The van der Waals surface area contributed by atoms with Gasteiger partial charge in [-0.2, -0.15) is 5.26 Å². The fraction of sp³-hybridized carbons (Fsp3) is 0.100. The number of ether oxygens (including phenoxy) is 1. The van der Waals surface area contributed by atoms with Crippen molar-refractivity contribution < 1.29 is 4.74 Å². The maximum atomic E-state index is 12.3. The van der Waals surface area contributed by atoms with Crippen LogP contribution < -0.4 is 10.3 Å². The third kappa shape index (κ3) is 4.75. The summed E-state index contributed by atoms with van der Waals surface area (Å²) in [6.45, 7) is 0. The van der Waals surface area contributed by atoms with Crippen LogP contribution in [0, 0.1) is 11.3 Å². The highest BCUT2D eigenvalue weighted by atomic mass is 79.9. The van der Waals surface area contributed by atoms with Gasteiger partial charge in [0, 0.05) is 24.0 Å². The summed E-state index contributed by atoms with van der Waals surface area (Å²) < 4.78 is 7.80. The summed E-state index contributed by atoms with van der Waals surface area (Å²) in [5.41, 5.74) is 1.33. The van der Waals surface area contributed by atoms with Crippen molar-refractivity contribution in [3.63, 3.8) is 0 Å². The molecule has 2 aromatic carbocycles. The van der Waals surface area contributed by atoms with Gasteiger partial charge in [-0.15, -0.1) is 11.8 Å². The van der Waals surface area contributed by atoms with Gasteiger partial charge in [0.25, 0.3) is 5.56 Å². The van der Waals surface area contributed by atoms with E-state index in [4.69, 9.17) is 21.6 Å². The Hall–Kier alpha value is -2.20. The SMILES string of the molecule is Cn1cc(SCc2ccccc2)c(Oc2cc(Cl)cc(C#N)c2)c(Br)c1=O. The molecule has 3 rings (SSSR count). The predicted octanol–water partition coefficient (Wildman–Crippen LogP) is 5.76. The molecule has 0 saturated heterocycles. The van der Waals surface area contributed by atoms with E-state index in [0.717, 1.165) is 16.2 Å². The number of aryl methyl sites for hydroxylation is 1. The molecule has 0 fully saturated rings. The molecule has 0 spiro atoms. The number of pyridine rings is 1. The Morgan fingerprint density at radius 3 is 2.70 bits per heavy atom. The fourth-order valence-electron chi connectivity index (χ4n) is 2.39. The molecule has 4 nitrogen and oxygen atoms in total. The summed E-state index contributed by atoms with van der Waals surface area (Å²) in [6.07, 6.45) is 1.74. The van der Waals surface area contributed by atoms with Gasteiger partial charge < -0.3 is 9.30 Å². The van der Waals surface area contributed by atoms with Crippen LogP contribution in [-0.2, 0) is 12.8 Å². The van der Waals surface area contributed by atoms with Gasteiger partial charge in [-0.25, -0.2) is 0 Å². The number of nitriles is 1. The van der Waals surface area contributed by atoms with Gasteiger partial charge in [0.1, 0.15) is 10.2 Å². The first-order chi connectivity index (χ1) is 13.0. The maximum Gasteiger partial charge on any atom is 0.268 e. The Labute approximate surface area is 174 Å². The van der Waals surface area contributed by atoms with E-state index < -0.39 is 0 Å². The zero-order valence-electron chi connectivity index (χ0n) is 14.3. The molecule has 0 saturated carbocycles. The molecule has 3 aromatic rings. The van der Waals surface area contributed by atoms with Crippen LogP contribution in [0.3, 0.4) is 0 Å². The second-order valence-electron chi connectivity index (χ2n) is 5.72. The summed E-state index contributed by atoms with van der Waals surface area (Å²) in [4.78, 5) is 13.1. The lowest BCUT2D eigenvalue weighted by Gasteiger charge is -2.14. The second kappa shape index (κ2) is 8.66. The van der Waals surface area contributed by atoms with E-state index in [1.807, 2.05) is 36.4 Å². The molecule has 0 radical (unpaired) electrons. The molecule has 136 valence electrons. The zero-order valence-corrected chi connectivity index (χ0v) is 17.4. The van der Waals surface area contributed by atoms with Crippen LogP contribution in [0.1, 0.15) is 11.1 Å². The van der Waals surface area contributed by atoms with Crippen LogP contribution >= 0.6 is 39.3 Å². The van der Waals surface area contributed by atoms with Crippen molar-refractivity contribution in [3.8, 4) is 17.6 Å². The Balaban J connectivity index is 1.98. The molecule has 0 amide bonds. The third-order valence-electron chi connectivity index (χ3n) is 3.70. The van der Waals surface area contributed by atoms with Crippen LogP contribution in [-0.4, -0.2) is 4.57 Å².